The highest BCUT2D eigenvalue weighted by atomic mass is 79.9. The van der Waals surface area contributed by atoms with Gasteiger partial charge in [0.1, 0.15) is 0 Å². The van der Waals surface area contributed by atoms with Gasteiger partial charge in [-0.15, -0.1) is 0 Å². The Morgan fingerprint density at radius 2 is 1.82 bits per heavy atom. The van der Waals surface area contributed by atoms with Gasteiger partial charge < -0.3 is 14.7 Å². The van der Waals surface area contributed by atoms with Crippen molar-refractivity contribution >= 4 is 33.5 Å². The van der Waals surface area contributed by atoms with Gasteiger partial charge in [-0.3, -0.25) is 4.79 Å². The minimum absolute atomic E-state index is 0.0162. The van der Waals surface area contributed by atoms with E-state index in [4.69, 9.17) is 0 Å². The molecule has 148 valence electrons. The Labute approximate surface area is 176 Å². The summed E-state index contributed by atoms with van der Waals surface area (Å²) in [6.07, 6.45) is 3.61. The van der Waals surface area contributed by atoms with Crippen LogP contribution in [-0.2, 0) is 6.54 Å². The third-order valence-corrected chi connectivity index (χ3v) is 5.73. The van der Waals surface area contributed by atoms with Crippen molar-refractivity contribution in [1.29, 1.82) is 0 Å². The highest BCUT2D eigenvalue weighted by molar-refractivity contribution is 9.10. The van der Waals surface area contributed by atoms with Gasteiger partial charge in [-0.1, -0.05) is 46.3 Å². The number of nitrogens with zero attached hydrogens (tertiary/aromatic N) is 3. The molecule has 0 bridgehead atoms. The van der Waals surface area contributed by atoms with Crippen LogP contribution in [0, 0.1) is 0 Å². The molecule has 1 aliphatic rings. The molecule has 28 heavy (non-hydrogen) atoms. The molecular weight excluding hydrogens is 414 g/mol. The van der Waals surface area contributed by atoms with Crippen molar-refractivity contribution in [3.63, 3.8) is 0 Å². The zero-order chi connectivity index (χ0) is 20.1. The lowest BCUT2D eigenvalue weighted by Gasteiger charge is -2.34. The van der Waals surface area contributed by atoms with Crippen LogP contribution in [0.4, 0.5) is 5.69 Å². The van der Waals surface area contributed by atoms with Crippen LogP contribution in [0.25, 0.3) is 6.08 Å². The summed E-state index contributed by atoms with van der Waals surface area (Å²) in [6, 6.07) is 14.3. The molecule has 2 aromatic rings. The summed E-state index contributed by atoms with van der Waals surface area (Å²) in [4.78, 5) is 19.7. The molecule has 0 atom stereocenters. The van der Waals surface area contributed by atoms with Gasteiger partial charge in [0.05, 0.1) is 0 Å². The van der Waals surface area contributed by atoms with Crippen LogP contribution < -0.4 is 4.90 Å². The van der Waals surface area contributed by atoms with Crippen molar-refractivity contribution in [2.24, 2.45) is 0 Å². The van der Waals surface area contributed by atoms with Crippen LogP contribution in [0.5, 0.6) is 0 Å². The van der Waals surface area contributed by atoms with Gasteiger partial charge in [0.25, 0.3) is 0 Å². The van der Waals surface area contributed by atoms with Gasteiger partial charge in [0.15, 0.2) is 5.78 Å². The number of rotatable bonds is 6. The standard InChI is InChI=1S/C23H28BrN3O/c1-25(2)17-19-7-5-4-6-18(19)8-11-23(28)21-16-20(9-10-22(21)24)27-14-12-26(3)13-15-27/h4-11,16H,12-15,17H2,1-3H3/b11-8+. The minimum atomic E-state index is 0.0162. The molecule has 0 aliphatic carbocycles. The van der Waals surface area contributed by atoms with Crippen LogP contribution in [0.1, 0.15) is 21.5 Å². The normalized spacial score (nSPS) is 15.5. The molecule has 0 N–H and O–H groups in total. The Morgan fingerprint density at radius 1 is 1.11 bits per heavy atom. The second-order valence-electron chi connectivity index (χ2n) is 7.59. The van der Waals surface area contributed by atoms with Crippen LogP contribution >= 0.6 is 15.9 Å². The third kappa shape index (κ3) is 5.31. The van der Waals surface area contributed by atoms with Crippen molar-refractivity contribution < 1.29 is 4.79 Å². The fourth-order valence-corrected chi connectivity index (χ4v) is 3.84. The van der Waals surface area contributed by atoms with Crippen LogP contribution in [0.15, 0.2) is 53.0 Å². The Balaban J connectivity index is 1.79. The number of piperazine rings is 1. The predicted octanol–water partition coefficient (Wildman–Crippen LogP) is 4.16. The van der Waals surface area contributed by atoms with Crippen molar-refractivity contribution in [2.45, 2.75) is 6.54 Å². The molecule has 1 heterocycles. The van der Waals surface area contributed by atoms with E-state index >= 15 is 0 Å². The fraction of sp³-hybridized carbons (Fsp3) is 0.348. The second-order valence-corrected chi connectivity index (χ2v) is 8.44. The van der Waals surface area contributed by atoms with Crippen LogP contribution in [0.2, 0.25) is 0 Å². The predicted molar refractivity (Wildman–Crippen MR) is 121 cm³/mol. The van der Waals surface area contributed by atoms with E-state index in [1.54, 1.807) is 6.08 Å². The molecule has 4 nitrogen and oxygen atoms in total. The molecule has 3 rings (SSSR count). The Bertz CT molecular complexity index is 855. The highest BCUT2D eigenvalue weighted by Crippen LogP contribution is 2.25. The lowest BCUT2D eigenvalue weighted by molar-refractivity contribution is 0.104. The quantitative estimate of drug-likeness (QED) is 0.496. The van der Waals surface area contributed by atoms with Gasteiger partial charge in [-0.2, -0.15) is 0 Å². The molecule has 5 heteroatoms. The molecule has 1 fully saturated rings. The number of carbonyl (C=O) groups is 1. The minimum Gasteiger partial charge on any atom is -0.369 e. The summed E-state index contributed by atoms with van der Waals surface area (Å²) in [6.45, 7) is 4.90. The molecule has 2 aromatic carbocycles. The van der Waals surface area contributed by atoms with Gasteiger partial charge in [0.2, 0.25) is 0 Å². The SMILES string of the molecule is CN(C)Cc1ccccc1/C=C/C(=O)c1cc(N2CCN(C)CC2)ccc1Br. The fourth-order valence-electron chi connectivity index (χ4n) is 3.40. The molecular formula is C23H28BrN3O. The smallest absolute Gasteiger partial charge is 0.187 e. The Hall–Kier alpha value is -1.95. The number of likely N-dealkylation sites (N-methyl/N-ethyl adjacent to an activating group) is 1. The van der Waals surface area contributed by atoms with Crippen molar-refractivity contribution in [3.05, 3.63) is 69.7 Å². The summed E-state index contributed by atoms with van der Waals surface area (Å²) >= 11 is 3.55. The van der Waals surface area contributed by atoms with E-state index < -0.39 is 0 Å². The number of ketones is 1. The van der Waals surface area contributed by atoms with Crippen molar-refractivity contribution in [1.82, 2.24) is 9.80 Å². The number of anilines is 1. The first-order chi connectivity index (χ1) is 13.4. The van der Waals surface area contributed by atoms with Gasteiger partial charge in [0, 0.05) is 48.4 Å². The van der Waals surface area contributed by atoms with Crippen LogP contribution in [-0.4, -0.2) is 62.9 Å². The maximum absolute atomic E-state index is 12.9. The van der Waals surface area contributed by atoms with E-state index in [0.717, 1.165) is 48.4 Å². The van der Waals surface area contributed by atoms with Gasteiger partial charge >= 0.3 is 0 Å². The van der Waals surface area contributed by atoms with E-state index in [2.05, 4.69) is 55.9 Å². The first-order valence-corrected chi connectivity index (χ1v) is 10.4. The molecule has 0 saturated carbocycles. The zero-order valence-corrected chi connectivity index (χ0v) is 18.4. The maximum Gasteiger partial charge on any atom is 0.187 e. The summed E-state index contributed by atoms with van der Waals surface area (Å²) in [5, 5.41) is 0. The number of hydrogen-bond donors (Lipinski definition) is 0. The third-order valence-electron chi connectivity index (χ3n) is 5.04. The van der Waals surface area contributed by atoms with Gasteiger partial charge in [-0.05, 0) is 56.5 Å². The second kappa shape index (κ2) is 9.50. The van der Waals surface area contributed by atoms with Crippen LogP contribution in [0.3, 0.4) is 0 Å². The molecule has 0 aromatic heterocycles. The molecule has 0 amide bonds. The zero-order valence-electron chi connectivity index (χ0n) is 16.9. The maximum atomic E-state index is 12.9. The number of allylic oxidation sites excluding steroid dienone is 1. The lowest BCUT2D eigenvalue weighted by Crippen LogP contribution is -2.44. The number of hydrogen-bond acceptors (Lipinski definition) is 4. The summed E-state index contributed by atoms with van der Waals surface area (Å²) in [5.74, 6) is 0.0162. The van der Waals surface area contributed by atoms with E-state index in [0.29, 0.717) is 5.56 Å². The average molecular weight is 442 g/mol. The summed E-state index contributed by atoms with van der Waals surface area (Å²) in [5.41, 5.74) is 4.11. The first-order valence-electron chi connectivity index (χ1n) is 9.62. The Kier molecular flexibility index (Phi) is 7.05. The van der Waals surface area contributed by atoms with E-state index in [1.807, 2.05) is 44.4 Å². The van der Waals surface area contributed by atoms with Crippen molar-refractivity contribution in [3.8, 4) is 0 Å². The number of carbonyl (C=O) groups excluding carboxylic acids is 1. The topological polar surface area (TPSA) is 26.8 Å². The largest absolute Gasteiger partial charge is 0.369 e. The molecule has 0 spiro atoms. The average Bonchev–Trinajstić information content (AvgIpc) is 2.68. The van der Waals surface area contributed by atoms with E-state index in [9.17, 15) is 4.79 Å². The molecule has 1 saturated heterocycles. The molecule has 1 aliphatic heterocycles. The summed E-state index contributed by atoms with van der Waals surface area (Å²) in [7, 11) is 6.24. The number of benzene rings is 2. The van der Waals surface area contributed by atoms with Crippen molar-refractivity contribution in [2.75, 3.05) is 52.2 Å². The van der Waals surface area contributed by atoms with E-state index in [-0.39, 0.29) is 5.78 Å². The number of halogens is 1. The van der Waals surface area contributed by atoms with E-state index in [1.165, 1.54) is 5.56 Å². The highest BCUT2D eigenvalue weighted by Gasteiger charge is 2.16. The summed E-state index contributed by atoms with van der Waals surface area (Å²) < 4.78 is 0.835. The molecule has 0 unspecified atom stereocenters. The monoisotopic (exact) mass is 441 g/mol. The first kappa shape index (κ1) is 20.8. The van der Waals surface area contributed by atoms with Gasteiger partial charge in [-0.25, -0.2) is 0 Å². The lowest BCUT2D eigenvalue weighted by atomic mass is 10.0. The Morgan fingerprint density at radius 3 is 2.54 bits per heavy atom. The molecule has 0 radical (unpaired) electrons.